The van der Waals surface area contributed by atoms with Gasteiger partial charge in [0.15, 0.2) is 0 Å². The van der Waals surface area contributed by atoms with Crippen LogP contribution >= 0.6 is 0 Å². The predicted octanol–water partition coefficient (Wildman–Crippen LogP) is 1.68. The lowest BCUT2D eigenvalue weighted by Crippen LogP contribution is -2.47. The molecule has 1 unspecified atom stereocenters. The average molecular weight is 230 g/mol. The number of carboxylic acid groups (broad SMARTS) is 1. The van der Waals surface area contributed by atoms with Gasteiger partial charge in [0.1, 0.15) is 0 Å². The molecular weight excluding hydrogens is 208 g/mol. The Bertz CT molecular complexity index is 241. The molecule has 16 heavy (non-hydrogen) atoms. The van der Waals surface area contributed by atoms with Crippen LogP contribution in [0.25, 0.3) is 0 Å². The van der Waals surface area contributed by atoms with Crippen molar-refractivity contribution in [1.29, 1.82) is 0 Å². The molecule has 5 nitrogen and oxygen atoms in total. The second kappa shape index (κ2) is 7.09. The standard InChI is InChI=1S/C11H22N2O3/c1-5-6-13(8(2)3)11(16)12-9(4)7-10(14)15/h8-9H,5-7H2,1-4H3,(H,12,16)(H,14,15). The summed E-state index contributed by atoms with van der Waals surface area (Å²) in [6.45, 7) is 8.26. The van der Waals surface area contributed by atoms with E-state index in [-0.39, 0.29) is 24.5 Å². The summed E-state index contributed by atoms with van der Waals surface area (Å²) in [6.07, 6.45) is 0.836. The van der Waals surface area contributed by atoms with Crippen molar-refractivity contribution < 1.29 is 14.7 Å². The Morgan fingerprint density at radius 3 is 2.25 bits per heavy atom. The van der Waals surface area contributed by atoms with Gasteiger partial charge in [-0.3, -0.25) is 4.79 Å². The molecule has 0 spiro atoms. The lowest BCUT2D eigenvalue weighted by atomic mass is 10.2. The van der Waals surface area contributed by atoms with E-state index < -0.39 is 5.97 Å². The van der Waals surface area contributed by atoms with E-state index in [4.69, 9.17) is 5.11 Å². The molecule has 0 saturated carbocycles. The molecule has 0 fully saturated rings. The first-order valence-corrected chi connectivity index (χ1v) is 5.67. The Balaban J connectivity index is 4.24. The van der Waals surface area contributed by atoms with E-state index in [1.807, 2.05) is 20.8 Å². The zero-order valence-electron chi connectivity index (χ0n) is 10.5. The summed E-state index contributed by atoms with van der Waals surface area (Å²) in [5.74, 6) is -0.903. The summed E-state index contributed by atoms with van der Waals surface area (Å²) in [6, 6.07) is -0.411. The van der Waals surface area contributed by atoms with Crippen LogP contribution in [0, 0.1) is 0 Å². The van der Waals surface area contributed by atoms with E-state index in [1.54, 1.807) is 11.8 Å². The third-order valence-corrected chi connectivity index (χ3v) is 2.20. The lowest BCUT2D eigenvalue weighted by molar-refractivity contribution is -0.137. The maximum Gasteiger partial charge on any atom is 0.317 e. The lowest BCUT2D eigenvalue weighted by Gasteiger charge is -2.27. The summed E-state index contributed by atoms with van der Waals surface area (Å²) < 4.78 is 0. The van der Waals surface area contributed by atoms with Gasteiger partial charge < -0.3 is 15.3 Å². The van der Waals surface area contributed by atoms with Gasteiger partial charge in [-0.15, -0.1) is 0 Å². The van der Waals surface area contributed by atoms with Gasteiger partial charge in [0.25, 0.3) is 0 Å². The number of carboxylic acids is 1. The zero-order chi connectivity index (χ0) is 12.7. The fourth-order valence-electron chi connectivity index (χ4n) is 1.44. The predicted molar refractivity (Wildman–Crippen MR) is 62.4 cm³/mol. The van der Waals surface area contributed by atoms with Crippen molar-refractivity contribution in [2.24, 2.45) is 0 Å². The number of nitrogens with zero attached hydrogens (tertiary/aromatic N) is 1. The fraction of sp³-hybridized carbons (Fsp3) is 0.818. The Hall–Kier alpha value is -1.26. The summed E-state index contributed by atoms with van der Waals surface area (Å²) in [7, 11) is 0. The molecule has 0 aromatic rings. The van der Waals surface area contributed by atoms with Crippen LogP contribution in [0.4, 0.5) is 4.79 Å². The van der Waals surface area contributed by atoms with Gasteiger partial charge in [0, 0.05) is 18.6 Å². The molecule has 0 saturated heterocycles. The van der Waals surface area contributed by atoms with E-state index >= 15 is 0 Å². The molecule has 2 amide bonds. The Kier molecular flexibility index (Phi) is 6.53. The normalized spacial score (nSPS) is 12.3. The molecule has 2 N–H and O–H groups in total. The minimum absolute atomic E-state index is 0.0518. The summed E-state index contributed by atoms with van der Waals surface area (Å²) in [5.41, 5.74) is 0. The Morgan fingerprint density at radius 1 is 1.31 bits per heavy atom. The van der Waals surface area contributed by atoms with Gasteiger partial charge in [0.05, 0.1) is 6.42 Å². The number of carbonyl (C=O) groups is 2. The van der Waals surface area contributed by atoms with Crippen LogP contribution in [0.1, 0.15) is 40.5 Å². The minimum Gasteiger partial charge on any atom is -0.481 e. The first-order valence-electron chi connectivity index (χ1n) is 5.67. The molecule has 0 aromatic heterocycles. The van der Waals surface area contributed by atoms with E-state index in [1.165, 1.54) is 0 Å². The van der Waals surface area contributed by atoms with Crippen LogP contribution in [0.5, 0.6) is 0 Å². The second-order valence-electron chi connectivity index (χ2n) is 4.24. The summed E-state index contributed by atoms with van der Waals surface area (Å²) in [4.78, 5) is 24.0. The number of aliphatic carboxylic acids is 1. The number of carbonyl (C=O) groups excluding carboxylic acids is 1. The van der Waals surface area contributed by atoms with Crippen molar-refractivity contribution in [2.75, 3.05) is 6.54 Å². The first kappa shape index (κ1) is 14.7. The van der Waals surface area contributed by atoms with Crippen molar-refractivity contribution in [3.63, 3.8) is 0 Å². The number of urea groups is 1. The maximum atomic E-state index is 11.8. The highest BCUT2D eigenvalue weighted by Gasteiger charge is 2.18. The van der Waals surface area contributed by atoms with E-state index in [2.05, 4.69) is 5.32 Å². The van der Waals surface area contributed by atoms with E-state index in [9.17, 15) is 9.59 Å². The number of hydrogen-bond acceptors (Lipinski definition) is 2. The molecule has 0 aliphatic carbocycles. The van der Waals surface area contributed by atoms with Crippen LogP contribution in [0.15, 0.2) is 0 Å². The molecule has 0 rings (SSSR count). The van der Waals surface area contributed by atoms with Crippen molar-refractivity contribution in [1.82, 2.24) is 10.2 Å². The number of hydrogen-bond donors (Lipinski definition) is 2. The highest BCUT2D eigenvalue weighted by atomic mass is 16.4. The van der Waals surface area contributed by atoms with Crippen LogP contribution in [-0.2, 0) is 4.79 Å². The molecule has 0 aliphatic heterocycles. The van der Waals surface area contributed by atoms with Crippen molar-refractivity contribution in [3.05, 3.63) is 0 Å². The van der Waals surface area contributed by atoms with E-state index in [0.29, 0.717) is 6.54 Å². The average Bonchev–Trinajstić information content (AvgIpc) is 2.11. The molecule has 0 aliphatic rings. The Labute approximate surface area is 96.8 Å². The third-order valence-electron chi connectivity index (χ3n) is 2.20. The molecule has 1 atom stereocenters. The first-order chi connectivity index (χ1) is 7.38. The maximum absolute atomic E-state index is 11.8. The number of rotatable bonds is 6. The SMILES string of the molecule is CCCN(C(=O)NC(C)CC(=O)O)C(C)C. The topological polar surface area (TPSA) is 69.6 Å². The molecule has 0 bridgehead atoms. The highest BCUT2D eigenvalue weighted by molar-refractivity contribution is 5.76. The van der Waals surface area contributed by atoms with Crippen LogP contribution in [-0.4, -0.2) is 40.6 Å². The van der Waals surface area contributed by atoms with Crippen molar-refractivity contribution in [3.8, 4) is 0 Å². The van der Waals surface area contributed by atoms with Crippen LogP contribution in [0.3, 0.4) is 0 Å². The van der Waals surface area contributed by atoms with Crippen molar-refractivity contribution >= 4 is 12.0 Å². The molecular formula is C11H22N2O3. The minimum atomic E-state index is -0.903. The second-order valence-corrected chi connectivity index (χ2v) is 4.24. The zero-order valence-corrected chi connectivity index (χ0v) is 10.5. The quantitative estimate of drug-likeness (QED) is 0.729. The third kappa shape index (κ3) is 5.58. The van der Waals surface area contributed by atoms with Crippen LogP contribution in [0.2, 0.25) is 0 Å². The van der Waals surface area contributed by atoms with Gasteiger partial charge in [0.2, 0.25) is 0 Å². The Morgan fingerprint density at radius 2 is 1.88 bits per heavy atom. The number of amides is 2. The van der Waals surface area contributed by atoms with Gasteiger partial charge >= 0.3 is 12.0 Å². The molecule has 94 valence electrons. The van der Waals surface area contributed by atoms with Crippen LogP contribution < -0.4 is 5.32 Å². The van der Waals surface area contributed by atoms with Gasteiger partial charge in [-0.1, -0.05) is 6.92 Å². The highest BCUT2D eigenvalue weighted by Crippen LogP contribution is 2.02. The molecule has 5 heteroatoms. The molecule has 0 aromatic carbocycles. The van der Waals surface area contributed by atoms with Crippen molar-refractivity contribution in [2.45, 2.75) is 52.6 Å². The fourth-order valence-corrected chi connectivity index (χ4v) is 1.44. The summed E-state index contributed by atoms with van der Waals surface area (Å²) in [5, 5.41) is 11.3. The van der Waals surface area contributed by atoms with Gasteiger partial charge in [-0.25, -0.2) is 4.79 Å². The van der Waals surface area contributed by atoms with Gasteiger partial charge in [-0.05, 0) is 27.2 Å². The van der Waals surface area contributed by atoms with Gasteiger partial charge in [-0.2, -0.15) is 0 Å². The molecule has 0 radical (unpaired) electrons. The monoisotopic (exact) mass is 230 g/mol. The molecule has 0 heterocycles. The summed E-state index contributed by atoms with van der Waals surface area (Å²) >= 11 is 0. The number of nitrogens with one attached hydrogen (secondary N) is 1. The van der Waals surface area contributed by atoms with E-state index in [0.717, 1.165) is 6.42 Å². The largest absolute Gasteiger partial charge is 0.481 e. The smallest absolute Gasteiger partial charge is 0.317 e.